The van der Waals surface area contributed by atoms with Crippen LogP contribution in [0.3, 0.4) is 0 Å². The standard InChI is InChI=1S/C22H17BrN2O3S/c23-17-7-3-6-15(11-17)18-12-19(21-9-4-10-29-21)25(24-18)22(27)14-28-20-8-2-1-5-16(20)13-26/h1-11,13,19H,12,14H2. The van der Waals surface area contributed by atoms with Gasteiger partial charge >= 0.3 is 0 Å². The summed E-state index contributed by atoms with van der Waals surface area (Å²) in [5.41, 5.74) is 2.24. The van der Waals surface area contributed by atoms with Crippen LogP contribution in [-0.2, 0) is 4.79 Å². The summed E-state index contributed by atoms with van der Waals surface area (Å²) >= 11 is 5.09. The molecule has 2 aromatic carbocycles. The largest absolute Gasteiger partial charge is 0.483 e. The van der Waals surface area contributed by atoms with Crippen LogP contribution < -0.4 is 4.74 Å². The van der Waals surface area contributed by atoms with Crippen molar-refractivity contribution < 1.29 is 14.3 Å². The number of rotatable bonds is 6. The number of hydrogen-bond donors (Lipinski definition) is 0. The van der Waals surface area contributed by atoms with Crippen LogP contribution in [0, 0.1) is 0 Å². The number of para-hydroxylation sites is 1. The molecular formula is C22H17BrN2O3S. The molecular weight excluding hydrogens is 452 g/mol. The van der Waals surface area contributed by atoms with Crippen molar-refractivity contribution in [2.75, 3.05) is 6.61 Å². The Balaban J connectivity index is 1.57. The summed E-state index contributed by atoms with van der Waals surface area (Å²) in [4.78, 5) is 25.2. The second kappa shape index (κ2) is 8.71. The average molecular weight is 469 g/mol. The van der Waals surface area contributed by atoms with Gasteiger partial charge in [-0.3, -0.25) is 9.59 Å². The predicted molar refractivity (Wildman–Crippen MR) is 117 cm³/mol. The van der Waals surface area contributed by atoms with Gasteiger partial charge in [0.1, 0.15) is 5.75 Å². The smallest absolute Gasteiger partial charge is 0.281 e. The molecule has 0 saturated heterocycles. The van der Waals surface area contributed by atoms with Crippen LogP contribution in [0.25, 0.3) is 0 Å². The molecule has 0 saturated carbocycles. The molecule has 29 heavy (non-hydrogen) atoms. The van der Waals surface area contributed by atoms with E-state index in [9.17, 15) is 9.59 Å². The quantitative estimate of drug-likeness (QED) is 0.473. The van der Waals surface area contributed by atoms with Crippen LogP contribution in [0.2, 0.25) is 0 Å². The number of aldehydes is 1. The van der Waals surface area contributed by atoms with Crippen LogP contribution >= 0.6 is 27.3 Å². The van der Waals surface area contributed by atoms with Crippen LogP contribution in [0.15, 0.2) is 75.6 Å². The molecule has 0 aliphatic carbocycles. The minimum atomic E-state index is -0.255. The topological polar surface area (TPSA) is 59.0 Å². The maximum Gasteiger partial charge on any atom is 0.281 e. The molecule has 5 nitrogen and oxygen atoms in total. The Kier molecular flexibility index (Phi) is 5.87. The highest BCUT2D eigenvalue weighted by molar-refractivity contribution is 9.10. The zero-order valence-electron chi connectivity index (χ0n) is 15.3. The second-order valence-corrected chi connectivity index (χ2v) is 8.37. The molecule has 0 N–H and O–H groups in total. The minimum Gasteiger partial charge on any atom is -0.483 e. The van der Waals surface area contributed by atoms with E-state index in [-0.39, 0.29) is 18.6 Å². The predicted octanol–water partition coefficient (Wildman–Crippen LogP) is 5.08. The van der Waals surface area contributed by atoms with E-state index in [4.69, 9.17) is 4.74 Å². The number of hydrogen-bond acceptors (Lipinski definition) is 5. The fraction of sp³-hybridized carbons (Fsp3) is 0.136. The molecule has 3 aromatic rings. The lowest BCUT2D eigenvalue weighted by Crippen LogP contribution is -2.31. The summed E-state index contributed by atoms with van der Waals surface area (Å²) in [7, 11) is 0. The van der Waals surface area contributed by atoms with Crippen molar-refractivity contribution in [2.45, 2.75) is 12.5 Å². The normalized spacial score (nSPS) is 15.8. The van der Waals surface area contributed by atoms with Crippen LogP contribution in [0.4, 0.5) is 0 Å². The number of thiophene rings is 1. The molecule has 1 aromatic heterocycles. The molecule has 1 atom stereocenters. The lowest BCUT2D eigenvalue weighted by Gasteiger charge is -2.21. The molecule has 1 unspecified atom stereocenters. The van der Waals surface area contributed by atoms with Gasteiger partial charge in [0, 0.05) is 15.8 Å². The van der Waals surface area contributed by atoms with Crippen molar-refractivity contribution in [3.8, 4) is 5.75 Å². The Hall–Kier alpha value is -2.77. The third-order valence-electron chi connectivity index (χ3n) is 4.59. The summed E-state index contributed by atoms with van der Waals surface area (Å²) in [5, 5.41) is 8.13. The molecule has 4 rings (SSSR count). The van der Waals surface area contributed by atoms with Crippen LogP contribution in [0.1, 0.15) is 33.3 Å². The van der Waals surface area contributed by atoms with Gasteiger partial charge < -0.3 is 4.74 Å². The van der Waals surface area contributed by atoms with Gasteiger partial charge in [0.2, 0.25) is 0 Å². The van der Waals surface area contributed by atoms with E-state index in [2.05, 4.69) is 21.0 Å². The first-order valence-electron chi connectivity index (χ1n) is 9.01. The first-order valence-corrected chi connectivity index (χ1v) is 10.7. The van der Waals surface area contributed by atoms with Gasteiger partial charge in [0.05, 0.1) is 17.3 Å². The van der Waals surface area contributed by atoms with Gasteiger partial charge in [-0.1, -0.05) is 46.3 Å². The number of hydrazone groups is 1. The molecule has 1 aliphatic rings. The summed E-state index contributed by atoms with van der Waals surface area (Å²) in [5.74, 6) is 0.132. The van der Waals surface area contributed by atoms with Gasteiger partial charge in [0.15, 0.2) is 12.9 Å². The molecule has 0 bridgehead atoms. The van der Waals surface area contributed by atoms with Crippen LogP contribution in [0.5, 0.6) is 5.75 Å². The molecule has 1 aliphatic heterocycles. The number of halogens is 1. The van der Waals surface area contributed by atoms with E-state index in [0.717, 1.165) is 20.6 Å². The van der Waals surface area contributed by atoms with Crippen molar-refractivity contribution in [1.29, 1.82) is 0 Å². The third-order valence-corrected chi connectivity index (χ3v) is 6.06. The van der Waals surface area contributed by atoms with Crippen molar-refractivity contribution in [3.63, 3.8) is 0 Å². The van der Waals surface area contributed by atoms with Crippen molar-refractivity contribution >= 4 is 45.2 Å². The zero-order valence-corrected chi connectivity index (χ0v) is 17.7. The lowest BCUT2D eigenvalue weighted by molar-refractivity contribution is -0.135. The third kappa shape index (κ3) is 4.31. The lowest BCUT2D eigenvalue weighted by atomic mass is 10.0. The zero-order chi connectivity index (χ0) is 20.2. The van der Waals surface area contributed by atoms with E-state index in [1.165, 1.54) is 5.01 Å². The highest BCUT2D eigenvalue weighted by Crippen LogP contribution is 2.35. The minimum absolute atomic E-state index is 0.165. The van der Waals surface area contributed by atoms with E-state index in [1.807, 2.05) is 41.8 Å². The molecule has 0 radical (unpaired) electrons. The van der Waals surface area contributed by atoms with E-state index < -0.39 is 0 Å². The molecule has 7 heteroatoms. The van der Waals surface area contributed by atoms with E-state index >= 15 is 0 Å². The Morgan fingerprint density at radius 2 is 2.07 bits per heavy atom. The molecule has 146 valence electrons. The number of benzene rings is 2. The number of ether oxygens (including phenoxy) is 1. The molecule has 0 fully saturated rings. The van der Waals surface area contributed by atoms with E-state index in [0.29, 0.717) is 24.0 Å². The number of carbonyl (C=O) groups excluding carboxylic acids is 2. The van der Waals surface area contributed by atoms with Gasteiger partial charge in [-0.05, 0) is 41.3 Å². The van der Waals surface area contributed by atoms with Crippen LogP contribution in [-0.4, -0.2) is 29.5 Å². The van der Waals surface area contributed by atoms with Gasteiger partial charge in [-0.2, -0.15) is 5.10 Å². The SMILES string of the molecule is O=Cc1ccccc1OCC(=O)N1N=C(c2cccc(Br)c2)CC1c1cccs1. The summed E-state index contributed by atoms with van der Waals surface area (Å²) < 4.78 is 6.59. The van der Waals surface area contributed by atoms with Crippen molar-refractivity contribution in [3.05, 3.63) is 86.5 Å². The van der Waals surface area contributed by atoms with E-state index in [1.54, 1.807) is 35.6 Å². The average Bonchev–Trinajstić information content (AvgIpc) is 3.42. The van der Waals surface area contributed by atoms with Gasteiger partial charge in [-0.15, -0.1) is 11.3 Å². The van der Waals surface area contributed by atoms with Crippen molar-refractivity contribution in [2.24, 2.45) is 5.10 Å². The highest BCUT2D eigenvalue weighted by Gasteiger charge is 2.34. The number of amides is 1. The monoisotopic (exact) mass is 468 g/mol. The first kappa shape index (κ1) is 19.5. The van der Waals surface area contributed by atoms with Crippen molar-refractivity contribution in [1.82, 2.24) is 5.01 Å². The Labute approximate surface area is 180 Å². The first-order chi connectivity index (χ1) is 14.2. The maximum atomic E-state index is 13.0. The fourth-order valence-electron chi connectivity index (χ4n) is 3.20. The summed E-state index contributed by atoms with van der Waals surface area (Å²) in [6, 6.07) is 18.5. The number of nitrogens with zero attached hydrogens (tertiary/aromatic N) is 2. The number of carbonyl (C=O) groups is 2. The summed E-state index contributed by atoms with van der Waals surface area (Å²) in [6.07, 6.45) is 1.35. The fourth-order valence-corrected chi connectivity index (χ4v) is 4.41. The van der Waals surface area contributed by atoms with Gasteiger partial charge in [-0.25, -0.2) is 5.01 Å². The highest BCUT2D eigenvalue weighted by atomic mass is 79.9. The molecule has 1 amide bonds. The molecule has 2 heterocycles. The Bertz CT molecular complexity index is 1070. The molecule has 0 spiro atoms. The van der Waals surface area contributed by atoms with Gasteiger partial charge in [0.25, 0.3) is 5.91 Å². The summed E-state index contributed by atoms with van der Waals surface area (Å²) in [6.45, 7) is -0.192. The Morgan fingerprint density at radius 1 is 1.21 bits per heavy atom. The second-order valence-electron chi connectivity index (χ2n) is 6.48. The Morgan fingerprint density at radius 3 is 2.83 bits per heavy atom. The maximum absolute atomic E-state index is 13.0.